The summed E-state index contributed by atoms with van der Waals surface area (Å²) in [5.74, 6) is -1.05. The fraction of sp³-hybridized carbons (Fsp3) is 0.250. The monoisotopic (exact) mass is 396 g/mol. The number of carbonyl (C=O) groups is 3. The van der Waals surface area contributed by atoms with Gasteiger partial charge in [-0.2, -0.15) is 0 Å². The van der Waals surface area contributed by atoms with E-state index < -0.39 is 16.7 Å². The fourth-order valence-electron chi connectivity index (χ4n) is 3.15. The van der Waals surface area contributed by atoms with E-state index in [1.165, 1.54) is 12.1 Å². The largest absolute Gasteiger partial charge is 0.338 e. The molecule has 1 heterocycles. The second kappa shape index (κ2) is 8.51. The predicted octanol–water partition coefficient (Wildman–Crippen LogP) is 2.97. The van der Waals surface area contributed by atoms with Gasteiger partial charge in [-0.25, -0.2) is 4.79 Å². The summed E-state index contributed by atoms with van der Waals surface area (Å²) in [5, 5.41) is 16.3. The number of urea groups is 1. The molecule has 29 heavy (non-hydrogen) atoms. The Kier molecular flexibility index (Phi) is 5.87. The Bertz CT molecular complexity index is 989. The first-order valence-corrected chi connectivity index (χ1v) is 9.19. The van der Waals surface area contributed by atoms with Gasteiger partial charge in [0.1, 0.15) is 0 Å². The van der Waals surface area contributed by atoms with E-state index in [1.54, 1.807) is 0 Å². The number of aryl methyl sites for hydroxylation is 1. The molecule has 2 aromatic rings. The summed E-state index contributed by atoms with van der Waals surface area (Å²) in [7, 11) is 0. The molecule has 9 heteroatoms. The number of nitro groups is 1. The van der Waals surface area contributed by atoms with E-state index in [4.69, 9.17) is 0 Å². The molecule has 3 rings (SSSR count). The molecule has 0 saturated heterocycles. The number of rotatable bonds is 7. The lowest BCUT2D eigenvalue weighted by Gasteiger charge is -2.14. The first kappa shape index (κ1) is 20.0. The number of benzene rings is 2. The van der Waals surface area contributed by atoms with Crippen LogP contribution in [0.3, 0.4) is 0 Å². The Hall–Kier alpha value is -3.75. The molecule has 1 aliphatic rings. The molecule has 0 radical (unpaired) electrons. The maximum Gasteiger partial charge on any atom is 0.319 e. The number of para-hydroxylation sites is 1. The van der Waals surface area contributed by atoms with Crippen molar-refractivity contribution in [3.8, 4) is 0 Å². The number of amides is 4. The summed E-state index contributed by atoms with van der Waals surface area (Å²) < 4.78 is 0. The number of nitro benzene ring substituents is 1. The van der Waals surface area contributed by atoms with Crippen molar-refractivity contribution in [1.29, 1.82) is 0 Å². The molecule has 0 aliphatic carbocycles. The molecule has 0 spiro atoms. The van der Waals surface area contributed by atoms with Crippen LogP contribution in [-0.4, -0.2) is 40.8 Å². The Morgan fingerprint density at radius 3 is 2.55 bits per heavy atom. The second-order valence-corrected chi connectivity index (χ2v) is 6.49. The average Bonchev–Trinajstić information content (AvgIpc) is 2.95. The van der Waals surface area contributed by atoms with Gasteiger partial charge < -0.3 is 10.6 Å². The smallest absolute Gasteiger partial charge is 0.319 e. The lowest BCUT2D eigenvalue weighted by Crippen LogP contribution is -2.35. The van der Waals surface area contributed by atoms with Gasteiger partial charge in [-0.1, -0.05) is 25.1 Å². The van der Waals surface area contributed by atoms with Crippen LogP contribution in [0.1, 0.15) is 39.6 Å². The van der Waals surface area contributed by atoms with E-state index in [-0.39, 0.29) is 35.9 Å². The minimum absolute atomic E-state index is 0.0334. The molecule has 0 bridgehead atoms. The minimum atomic E-state index is -0.611. The number of carbonyl (C=O) groups excluding carboxylic acids is 3. The van der Waals surface area contributed by atoms with Crippen molar-refractivity contribution in [2.45, 2.75) is 19.8 Å². The van der Waals surface area contributed by atoms with Crippen LogP contribution in [0.4, 0.5) is 16.2 Å². The van der Waals surface area contributed by atoms with Crippen LogP contribution in [0.15, 0.2) is 42.5 Å². The molecule has 4 amide bonds. The van der Waals surface area contributed by atoms with E-state index in [0.717, 1.165) is 28.6 Å². The first-order valence-electron chi connectivity index (χ1n) is 9.19. The van der Waals surface area contributed by atoms with Gasteiger partial charge in [0.25, 0.3) is 17.5 Å². The van der Waals surface area contributed by atoms with E-state index in [1.807, 2.05) is 31.2 Å². The normalized spacial score (nSPS) is 12.7. The second-order valence-electron chi connectivity index (χ2n) is 6.49. The lowest BCUT2D eigenvalue weighted by molar-refractivity contribution is -0.384. The van der Waals surface area contributed by atoms with Crippen LogP contribution < -0.4 is 10.6 Å². The third-order valence-electron chi connectivity index (χ3n) is 4.66. The molecule has 2 aromatic carbocycles. The lowest BCUT2D eigenvalue weighted by atomic mass is 10.1. The molecule has 0 unspecified atom stereocenters. The summed E-state index contributed by atoms with van der Waals surface area (Å²) in [6.07, 6.45) is 1.14. The van der Waals surface area contributed by atoms with E-state index in [2.05, 4.69) is 10.6 Å². The molecule has 1 aliphatic heterocycles. The van der Waals surface area contributed by atoms with E-state index in [9.17, 15) is 24.5 Å². The molecule has 150 valence electrons. The number of nitrogens with zero attached hydrogens (tertiary/aromatic N) is 2. The Labute approximate surface area is 166 Å². The zero-order valence-electron chi connectivity index (χ0n) is 15.8. The van der Waals surface area contributed by atoms with Crippen LogP contribution in [0.2, 0.25) is 0 Å². The highest BCUT2D eigenvalue weighted by molar-refractivity contribution is 6.21. The number of hydrogen-bond donors (Lipinski definition) is 2. The predicted molar refractivity (Wildman–Crippen MR) is 106 cm³/mol. The van der Waals surface area contributed by atoms with Gasteiger partial charge in [0, 0.05) is 30.9 Å². The van der Waals surface area contributed by atoms with Crippen LogP contribution in [0, 0.1) is 10.1 Å². The molecule has 9 nitrogen and oxygen atoms in total. The maximum atomic E-state index is 12.4. The molecular formula is C20H20N4O5. The highest BCUT2D eigenvalue weighted by atomic mass is 16.6. The zero-order chi connectivity index (χ0) is 21.0. The summed E-state index contributed by atoms with van der Waals surface area (Å²) >= 11 is 0. The van der Waals surface area contributed by atoms with Crippen LogP contribution in [-0.2, 0) is 6.42 Å². The molecule has 0 atom stereocenters. The van der Waals surface area contributed by atoms with Crippen LogP contribution in [0.25, 0.3) is 0 Å². The third kappa shape index (κ3) is 4.23. The fourth-order valence-corrected chi connectivity index (χ4v) is 3.15. The van der Waals surface area contributed by atoms with Gasteiger partial charge in [-0.3, -0.25) is 24.6 Å². The van der Waals surface area contributed by atoms with Gasteiger partial charge in [0.15, 0.2) is 0 Å². The molecular weight excluding hydrogens is 376 g/mol. The SMILES string of the molecule is CCc1ccccc1NC(=O)NCCCN1C(=O)c2ccc([N+](=O)[O-])cc2C1=O. The van der Waals surface area contributed by atoms with Crippen LogP contribution in [0.5, 0.6) is 0 Å². The van der Waals surface area contributed by atoms with Gasteiger partial charge in [-0.05, 0) is 30.5 Å². The Morgan fingerprint density at radius 2 is 1.83 bits per heavy atom. The van der Waals surface area contributed by atoms with E-state index >= 15 is 0 Å². The first-order chi connectivity index (χ1) is 13.9. The summed E-state index contributed by atoms with van der Waals surface area (Å²) in [6.45, 7) is 2.36. The van der Waals surface area contributed by atoms with Crippen molar-refractivity contribution in [1.82, 2.24) is 10.2 Å². The van der Waals surface area contributed by atoms with Crippen LogP contribution >= 0.6 is 0 Å². The highest BCUT2D eigenvalue weighted by Gasteiger charge is 2.36. The number of anilines is 1. The van der Waals surface area contributed by atoms with Crippen molar-refractivity contribution < 1.29 is 19.3 Å². The topological polar surface area (TPSA) is 122 Å². The third-order valence-corrected chi connectivity index (χ3v) is 4.66. The van der Waals surface area contributed by atoms with Gasteiger partial charge in [0.2, 0.25) is 0 Å². The summed E-state index contributed by atoms with van der Waals surface area (Å²) in [5.41, 5.74) is 1.70. The molecule has 0 aromatic heterocycles. The number of non-ortho nitro benzene ring substituents is 1. The molecule has 0 saturated carbocycles. The maximum absolute atomic E-state index is 12.4. The van der Waals surface area contributed by atoms with Gasteiger partial charge in [0.05, 0.1) is 16.1 Å². The number of nitrogens with one attached hydrogen (secondary N) is 2. The zero-order valence-corrected chi connectivity index (χ0v) is 15.8. The van der Waals surface area contributed by atoms with Crippen molar-refractivity contribution in [3.63, 3.8) is 0 Å². The minimum Gasteiger partial charge on any atom is -0.338 e. The Morgan fingerprint density at radius 1 is 1.10 bits per heavy atom. The number of imide groups is 1. The van der Waals surface area contributed by atoms with Crippen molar-refractivity contribution in [2.75, 3.05) is 18.4 Å². The molecule has 0 fully saturated rings. The van der Waals surface area contributed by atoms with Crippen molar-refractivity contribution >= 4 is 29.2 Å². The highest BCUT2D eigenvalue weighted by Crippen LogP contribution is 2.26. The van der Waals surface area contributed by atoms with Gasteiger partial charge >= 0.3 is 6.03 Å². The quantitative estimate of drug-likeness (QED) is 0.322. The summed E-state index contributed by atoms with van der Waals surface area (Å²) in [6, 6.07) is 10.7. The number of hydrogen-bond acceptors (Lipinski definition) is 5. The standard InChI is InChI=1S/C20H20N4O5/c1-2-13-6-3-4-7-17(13)22-20(27)21-10-5-11-23-18(25)15-9-8-14(24(28)29)12-16(15)19(23)26/h3-4,6-9,12H,2,5,10-11H2,1H3,(H2,21,22,27). The van der Waals surface area contributed by atoms with Crippen molar-refractivity contribution in [3.05, 3.63) is 69.3 Å². The average molecular weight is 396 g/mol. The number of fused-ring (bicyclic) bond motifs is 1. The van der Waals surface area contributed by atoms with Crippen molar-refractivity contribution in [2.24, 2.45) is 0 Å². The summed E-state index contributed by atoms with van der Waals surface area (Å²) in [4.78, 5) is 48.1. The molecule has 2 N–H and O–H groups in total. The van der Waals surface area contributed by atoms with Gasteiger partial charge in [-0.15, -0.1) is 0 Å². The van der Waals surface area contributed by atoms with E-state index in [0.29, 0.717) is 6.42 Å². The Balaban J connectivity index is 1.52.